The summed E-state index contributed by atoms with van der Waals surface area (Å²) in [6.07, 6.45) is 0. The number of ketones is 1. The summed E-state index contributed by atoms with van der Waals surface area (Å²) in [4.78, 5) is 39.0. The van der Waals surface area contributed by atoms with Gasteiger partial charge in [-0.05, 0) is 41.1 Å². The standard InChI is InChI=1S/C22H20ClN7O3S/c1-2-28-20(32)18(19(24)29(22(28)33)12-14-7-4-3-5-8-14)17(31)13-34-21-25-26-27-30(21)16-10-6-9-15(23)11-16/h3-11H,2,12-13,24H2,1H3. The first-order chi connectivity index (χ1) is 16.4. The van der Waals surface area contributed by atoms with Crippen LogP contribution in [0.1, 0.15) is 22.8 Å². The second-order valence-corrected chi connectivity index (χ2v) is 8.61. The number of halogens is 1. The molecule has 0 saturated heterocycles. The topological polar surface area (TPSA) is 131 Å². The smallest absolute Gasteiger partial charge is 0.332 e. The van der Waals surface area contributed by atoms with Crippen LogP contribution >= 0.6 is 23.4 Å². The van der Waals surface area contributed by atoms with Gasteiger partial charge in [0.25, 0.3) is 5.56 Å². The van der Waals surface area contributed by atoms with Crippen LogP contribution in [0.3, 0.4) is 0 Å². The number of hydrogen-bond acceptors (Lipinski definition) is 8. The normalized spacial score (nSPS) is 11.0. The lowest BCUT2D eigenvalue weighted by molar-refractivity contribution is 0.102. The van der Waals surface area contributed by atoms with E-state index in [1.165, 1.54) is 9.25 Å². The average molecular weight is 498 g/mol. The van der Waals surface area contributed by atoms with E-state index < -0.39 is 17.0 Å². The number of anilines is 1. The van der Waals surface area contributed by atoms with E-state index in [1.807, 2.05) is 30.3 Å². The van der Waals surface area contributed by atoms with Gasteiger partial charge in [0.05, 0.1) is 18.0 Å². The number of Topliss-reactive ketones (excluding diaryl/α,β-unsaturated/α-hetero) is 1. The first kappa shape index (κ1) is 23.5. The summed E-state index contributed by atoms with van der Waals surface area (Å²) in [5, 5.41) is 12.4. The molecule has 2 aromatic carbocycles. The molecule has 0 amide bonds. The Bertz CT molecular complexity index is 1460. The Morgan fingerprint density at radius 3 is 2.56 bits per heavy atom. The van der Waals surface area contributed by atoms with Gasteiger partial charge in [-0.1, -0.05) is 59.8 Å². The third-order valence-corrected chi connectivity index (χ3v) is 6.23. The number of nitrogen functional groups attached to an aromatic ring is 1. The number of carbonyl (C=O) groups is 1. The summed E-state index contributed by atoms with van der Waals surface area (Å²) in [6.45, 7) is 1.90. The fourth-order valence-electron chi connectivity index (χ4n) is 3.42. The second-order valence-electron chi connectivity index (χ2n) is 7.23. The van der Waals surface area contributed by atoms with Crippen molar-refractivity contribution in [3.05, 3.63) is 91.6 Å². The molecular weight excluding hydrogens is 478 g/mol. The number of tetrazole rings is 1. The molecule has 10 nitrogen and oxygen atoms in total. The van der Waals surface area contributed by atoms with E-state index >= 15 is 0 Å². The van der Waals surface area contributed by atoms with E-state index in [4.69, 9.17) is 17.3 Å². The number of benzene rings is 2. The minimum absolute atomic E-state index is 0.104. The van der Waals surface area contributed by atoms with Gasteiger partial charge in [-0.25, -0.2) is 4.79 Å². The number of hydrogen-bond donors (Lipinski definition) is 1. The minimum Gasteiger partial charge on any atom is -0.384 e. The number of carbonyl (C=O) groups excluding carboxylic acids is 1. The van der Waals surface area contributed by atoms with Gasteiger partial charge in [0.15, 0.2) is 5.78 Å². The van der Waals surface area contributed by atoms with E-state index in [9.17, 15) is 14.4 Å². The lowest BCUT2D eigenvalue weighted by Crippen LogP contribution is -2.44. The summed E-state index contributed by atoms with van der Waals surface area (Å²) in [5.74, 6) is -0.853. The lowest BCUT2D eigenvalue weighted by Gasteiger charge is -2.15. The van der Waals surface area contributed by atoms with Gasteiger partial charge in [0, 0.05) is 11.6 Å². The fraction of sp³-hybridized carbons (Fsp3) is 0.182. The zero-order chi connectivity index (χ0) is 24.2. The molecule has 0 aliphatic rings. The third-order valence-electron chi connectivity index (χ3n) is 5.07. The Hall–Kier alpha value is -3.70. The molecule has 0 radical (unpaired) electrons. The zero-order valence-electron chi connectivity index (χ0n) is 18.1. The van der Waals surface area contributed by atoms with Gasteiger partial charge >= 0.3 is 5.69 Å². The molecule has 0 atom stereocenters. The SMILES string of the molecule is CCn1c(=O)c(C(=O)CSc2nnnn2-c2cccc(Cl)c2)c(N)n(Cc2ccccc2)c1=O. The van der Waals surface area contributed by atoms with Crippen molar-refractivity contribution in [2.24, 2.45) is 0 Å². The first-order valence-electron chi connectivity index (χ1n) is 10.3. The summed E-state index contributed by atoms with van der Waals surface area (Å²) in [6, 6.07) is 16.1. The Morgan fingerprint density at radius 2 is 1.85 bits per heavy atom. The summed E-state index contributed by atoms with van der Waals surface area (Å²) < 4.78 is 3.69. The summed E-state index contributed by atoms with van der Waals surface area (Å²) in [7, 11) is 0. The van der Waals surface area contributed by atoms with Crippen LogP contribution in [-0.2, 0) is 13.1 Å². The molecule has 0 fully saturated rings. The van der Waals surface area contributed by atoms with E-state index in [-0.39, 0.29) is 30.2 Å². The Morgan fingerprint density at radius 1 is 1.09 bits per heavy atom. The number of thioether (sulfide) groups is 1. The maximum Gasteiger partial charge on any atom is 0.332 e. The molecular formula is C22H20ClN7O3S. The minimum atomic E-state index is -0.714. The Balaban J connectivity index is 1.65. The maximum atomic E-state index is 13.1. The van der Waals surface area contributed by atoms with Gasteiger partial charge in [-0.3, -0.25) is 18.7 Å². The maximum absolute atomic E-state index is 13.1. The van der Waals surface area contributed by atoms with Gasteiger partial charge < -0.3 is 5.73 Å². The average Bonchev–Trinajstić information content (AvgIpc) is 3.30. The van der Waals surface area contributed by atoms with Gasteiger partial charge in [-0.2, -0.15) is 4.68 Å². The lowest BCUT2D eigenvalue weighted by atomic mass is 10.2. The van der Waals surface area contributed by atoms with E-state index in [1.54, 1.807) is 31.2 Å². The molecule has 0 aliphatic heterocycles. The van der Waals surface area contributed by atoms with Crippen molar-refractivity contribution in [2.75, 3.05) is 11.5 Å². The van der Waals surface area contributed by atoms with E-state index in [2.05, 4.69) is 15.5 Å². The van der Waals surface area contributed by atoms with Gasteiger partial charge in [0.2, 0.25) is 5.16 Å². The van der Waals surface area contributed by atoms with Crippen LogP contribution < -0.4 is 17.0 Å². The molecule has 2 aromatic heterocycles. The Kier molecular flexibility index (Phi) is 6.94. The van der Waals surface area contributed by atoms with Crippen LogP contribution in [0.2, 0.25) is 5.02 Å². The molecule has 0 bridgehead atoms. The van der Waals surface area contributed by atoms with Crippen LogP contribution in [-0.4, -0.2) is 40.9 Å². The predicted octanol–water partition coefficient (Wildman–Crippen LogP) is 2.26. The molecule has 2 heterocycles. The monoisotopic (exact) mass is 497 g/mol. The second kappa shape index (κ2) is 10.1. The third kappa shape index (κ3) is 4.66. The van der Waals surface area contributed by atoms with Gasteiger partial charge in [0.1, 0.15) is 11.4 Å². The highest BCUT2D eigenvalue weighted by molar-refractivity contribution is 7.99. The van der Waals surface area contributed by atoms with Crippen LogP contribution in [0.4, 0.5) is 5.82 Å². The molecule has 0 aliphatic carbocycles. The van der Waals surface area contributed by atoms with Crippen molar-refractivity contribution < 1.29 is 4.79 Å². The molecule has 0 spiro atoms. The summed E-state index contributed by atoms with van der Waals surface area (Å²) >= 11 is 7.09. The Labute approximate surface area is 203 Å². The number of rotatable bonds is 8. The van der Waals surface area contributed by atoms with E-state index in [0.717, 1.165) is 21.9 Å². The van der Waals surface area contributed by atoms with Crippen molar-refractivity contribution in [2.45, 2.75) is 25.2 Å². The van der Waals surface area contributed by atoms with Crippen molar-refractivity contribution in [3.63, 3.8) is 0 Å². The first-order valence-corrected chi connectivity index (χ1v) is 11.6. The van der Waals surface area contributed by atoms with Crippen molar-refractivity contribution in [3.8, 4) is 5.69 Å². The number of nitrogens with zero attached hydrogens (tertiary/aromatic N) is 6. The molecule has 174 valence electrons. The zero-order valence-corrected chi connectivity index (χ0v) is 19.7. The highest BCUT2D eigenvalue weighted by atomic mass is 35.5. The fourth-order valence-corrected chi connectivity index (χ4v) is 4.36. The molecule has 4 aromatic rings. The van der Waals surface area contributed by atoms with Crippen LogP contribution in [0, 0.1) is 0 Å². The highest BCUT2D eigenvalue weighted by Gasteiger charge is 2.23. The van der Waals surface area contributed by atoms with Crippen LogP contribution in [0.15, 0.2) is 69.3 Å². The molecule has 2 N–H and O–H groups in total. The predicted molar refractivity (Wildman–Crippen MR) is 130 cm³/mol. The van der Waals surface area contributed by atoms with Crippen molar-refractivity contribution in [1.29, 1.82) is 0 Å². The van der Waals surface area contributed by atoms with Crippen LogP contribution in [0.25, 0.3) is 5.69 Å². The molecule has 12 heteroatoms. The molecule has 34 heavy (non-hydrogen) atoms. The van der Waals surface area contributed by atoms with Crippen LogP contribution in [0.5, 0.6) is 0 Å². The summed E-state index contributed by atoms with van der Waals surface area (Å²) in [5.41, 5.74) is 6.13. The number of aromatic nitrogens is 6. The van der Waals surface area contributed by atoms with E-state index in [0.29, 0.717) is 15.9 Å². The van der Waals surface area contributed by atoms with Crippen molar-refractivity contribution >= 4 is 35.0 Å². The highest BCUT2D eigenvalue weighted by Crippen LogP contribution is 2.22. The number of nitrogens with two attached hydrogens (primary N) is 1. The molecule has 0 saturated carbocycles. The van der Waals surface area contributed by atoms with Gasteiger partial charge in [-0.15, -0.1) is 5.10 Å². The molecule has 0 unspecified atom stereocenters. The van der Waals surface area contributed by atoms with Crippen molar-refractivity contribution in [1.82, 2.24) is 29.3 Å². The molecule has 4 rings (SSSR count). The quantitative estimate of drug-likeness (QED) is 0.290. The largest absolute Gasteiger partial charge is 0.384 e.